The molecule has 3 rings (SSSR count). The van der Waals surface area contributed by atoms with Gasteiger partial charge in [-0.3, -0.25) is 4.79 Å². The van der Waals surface area contributed by atoms with Gasteiger partial charge in [0, 0.05) is 11.1 Å². The molecule has 0 saturated carbocycles. The predicted octanol–water partition coefficient (Wildman–Crippen LogP) is 3.72. The third-order valence-corrected chi connectivity index (χ3v) is 5.30. The van der Waals surface area contributed by atoms with Gasteiger partial charge >= 0.3 is 5.97 Å². The SMILES string of the molecule is C[C@@H]1CCc2sc(C(=O)OCC(=O)Nc3ccc(Cl)cn3)cc2C1. The van der Waals surface area contributed by atoms with Gasteiger partial charge in [-0.25, -0.2) is 9.78 Å². The highest BCUT2D eigenvalue weighted by atomic mass is 35.5. The van der Waals surface area contributed by atoms with Crippen LogP contribution in [0.4, 0.5) is 5.82 Å². The number of thiophene rings is 1. The first-order valence-electron chi connectivity index (χ1n) is 7.71. The van der Waals surface area contributed by atoms with Crippen LogP contribution in [0.2, 0.25) is 5.02 Å². The molecular formula is C17H17ClN2O3S. The zero-order chi connectivity index (χ0) is 17.1. The number of aromatic nitrogens is 1. The van der Waals surface area contributed by atoms with Gasteiger partial charge in [-0.1, -0.05) is 18.5 Å². The molecule has 0 spiro atoms. The van der Waals surface area contributed by atoms with Crippen molar-refractivity contribution in [3.8, 4) is 0 Å². The van der Waals surface area contributed by atoms with Gasteiger partial charge in [0.15, 0.2) is 6.61 Å². The number of aryl methyl sites for hydroxylation is 1. The van der Waals surface area contributed by atoms with Gasteiger partial charge in [0.1, 0.15) is 10.7 Å². The van der Waals surface area contributed by atoms with Crippen LogP contribution in [0.25, 0.3) is 0 Å². The van der Waals surface area contributed by atoms with Gasteiger partial charge in [-0.15, -0.1) is 11.3 Å². The lowest BCUT2D eigenvalue weighted by Crippen LogP contribution is -2.21. The molecule has 0 radical (unpaired) electrons. The number of fused-ring (bicyclic) bond motifs is 1. The highest BCUT2D eigenvalue weighted by Gasteiger charge is 2.21. The number of hydrogen-bond acceptors (Lipinski definition) is 5. The maximum atomic E-state index is 12.1. The standard InChI is InChI=1S/C17H17ClN2O3S/c1-10-2-4-13-11(6-10)7-14(24-13)17(22)23-9-16(21)20-15-5-3-12(18)8-19-15/h3,5,7-8,10H,2,4,6,9H2,1H3,(H,19,20,21)/t10-/m1/s1. The van der Waals surface area contributed by atoms with Gasteiger partial charge in [0.05, 0.1) is 5.02 Å². The number of carbonyl (C=O) groups excluding carboxylic acids is 2. The molecule has 0 fully saturated rings. The van der Waals surface area contributed by atoms with Crippen molar-refractivity contribution >= 4 is 40.6 Å². The monoisotopic (exact) mass is 364 g/mol. The molecule has 0 bridgehead atoms. The normalized spacial score (nSPS) is 16.3. The van der Waals surface area contributed by atoms with E-state index >= 15 is 0 Å². The number of carbonyl (C=O) groups is 2. The number of nitrogens with zero attached hydrogens (tertiary/aromatic N) is 1. The molecule has 7 heteroatoms. The summed E-state index contributed by atoms with van der Waals surface area (Å²) in [6.45, 7) is 1.87. The van der Waals surface area contributed by atoms with E-state index in [1.54, 1.807) is 12.1 Å². The third kappa shape index (κ3) is 4.13. The fourth-order valence-electron chi connectivity index (χ4n) is 2.64. The van der Waals surface area contributed by atoms with E-state index in [-0.39, 0.29) is 6.61 Å². The first kappa shape index (κ1) is 16.9. The number of esters is 1. The second-order valence-corrected chi connectivity index (χ2v) is 7.47. The maximum Gasteiger partial charge on any atom is 0.348 e. The minimum Gasteiger partial charge on any atom is -0.451 e. The van der Waals surface area contributed by atoms with Crippen LogP contribution in [0.5, 0.6) is 0 Å². The Balaban J connectivity index is 1.53. The molecule has 1 aliphatic rings. The lowest BCUT2D eigenvalue weighted by Gasteiger charge is -2.16. The summed E-state index contributed by atoms with van der Waals surface area (Å²) in [7, 11) is 0. The van der Waals surface area contributed by atoms with E-state index in [1.807, 2.05) is 6.07 Å². The summed E-state index contributed by atoms with van der Waals surface area (Å²) in [4.78, 5) is 29.7. The number of pyridine rings is 1. The van der Waals surface area contributed by atoms with Crippen LogP contribution in [0.3, 0.4) is 0 Å². The Bertz CT molecular complexity index is 758. The average molecular weight is 365 g/mol. The number of halogens is 1. The molecule has 0 unspecified atom stereocenters. The molecule has 2 heterocycles. The Morgan fingerprint density at radius 1 is 1.46 bits per heavy atom. The summed E-state index contributed by atoms with van der Waals surface area (Å²) in [6, 6.07) is 5.10. The van der Waals surface area contributed by atoms with Gasteiger partial charge in [-0.05, 0) is 48.9 Å². The molecule has 1 atom stereocenters. The summed E-state index contributed by atoms with van der Waals surface area (Å²) >= 11 is 7.20. The number of rotatable bonds is 4. The van der Waals surface area contributed by atoms with Crippen LogP contribution in [0, 0.1) is 5.92 Å². The smallest absolute Gasteiger partial charge is 0.348 e. The minimum absolute atomic E-state index is 0.345. The van der Waals surface area contributed by atoms with Gasteiger partial charge < -0.3 is 10.1 Å². The van der Waals surface area contributed by atoms with Gasteiger partial charge in [0.25, 0.3) is 5.91 Å². The number of ether oxygens (including phenoxy) is 1. The van der Waals surface area contributed by atoms with Crippen LogP contribution in [0.15, 0.2) is 24.4 Å². The predicted molar refractivity (Wildman–Crippen MR) is 93.7 cm³/mol. The second kappa shape index (κ2) is 7.32. The zero-order valence-corrected chi connectivity index (χ0v) is 14.7. The Kier molecular flexibility index (Phi) is 5.16. The van der Waals surface area contributed by atoms with E-state index in [0.29, 0.717) is 21.6 Å². The molecule has 24 heavy (non-hydrogen) atoms. The summed E-state index contributed by atoms with van der Waals surface area (Å²) in [6.07, 6.45) is 4.60. The number of nitrogens with one attached hydrogen (secondary N) is 1. The average Bonchev–Trinajstić information content (AvgIpc) is 2.98. The fraction of sp³-hybridized carbons (Fsp3) is 0.353. The Labute approximate surface area is 149 Å². The third-order valence-electron chi connectivity index (χ3n) is 3.86. The van der Waals surface area contributed by atoms with E-state index in [1.165, 1.54) is 28.0 Å². The van der Waals surface area contributed by atoms with E-state index < -0.39 is 11.9 Å². The summed E-state index contributed by atoms with van der Waals surface area (Å²) in [5, 5.41) is 3.03. The van der Waals surface area contributed by atoms with Crippen LogP contribution in [-0.4, -0.2) is 23.5 Å². The van der Waals surface area contributed by atoms with Crippen molar-refractivity contribution in [2.24, 2.45) is 5.92 Å². The Morgan fingerprint density at radius 3 is 3.04 bits per heavy atom. The van der Waals surface area contributed by atoms with Crippen molar-refractivity contribution in [2.75, 3.05) is 11.9 Å². The number of amides is 1. The molecule has 0 aliphatic heterocycles. The highest BCUT2D eigenvalue weighted by molar-refractivity contribution is 7.14. The Hall–Kier alpha value is -1.92. The van der Waals surface area contributed by atoms with Crippen LogP contribution < -0.4 is 5.32 Å². The first-order chi connectivity index (χ1) is 11.5. The van der Waals surface area contributed by atoms with E-state index in [4.69, 9.17) is 16.3 Å². The molecule has 1 amide bonds. The molecule has 1 aliphatic carbocycles. The van der Waals surface area contributed by atoms with Crippen LogP contribution >= 0.6 is 22.9 Å². The molecular weight excluding hydrogens is 348 g/mol. The second-order valence-electron chi connectivity index (χ2n) is 5.89. The van der Waals surface area contributed by atoms with Gasteiger partial charge in [0.2, 0.25) is 0 Å². The van der Waals surface area contributed by atoms with Crippen molar-refractivity contribution in [2.45, 2.75) is 26.2 Å². The molecule has 2 aromatic rings. The van der Waals surface area contributed by atoms with Crippen LogP contribution in [-0.2, 0) is 22.4 Å². The van der Waals surface area contributed by atoms with Gasteiger partial charge in [-0.2, -0.15) is 0 Å². The number of anilines is 1. The lowest BCUT2D eigenvalue weighted by molar-refractivity contribution is -0.119. The van der Waals surface area contributed by atoms with Crippen molar-refractivity contribution in [1.29, 1.82) is 0 Å². The molecule has 1 N–H and O–H groups in total. The van der Waals surface area contributed by atoms with E-state index in [2.05, 4.69) is 17.2 Å². The quantitative estimate of drug-likeness (QED) is 0.839. The van der Waals surface area contributed by atoms with E-state index in [0.717, 1.165) is 19.3 Å². The highest BCUT2D eigenvalue weighted by Crippen LogP contribution is 2.32. The number of hydrogen-bond donors (Lipinski definition) is 1. The van der Waals surface area contributed by atoms with Crippen LogP contribution in [0.1, 0.15) is 33.5 Å². The Morgan fingerprint density at radius 2 is 2.29 bits per heavy atom. The summed E-state index contributed by atoms with van der Waals surface area (Å²) < 4.78 is 5.10. The van der Waals surface area contributed by atoms with Crippen molar-refractivity contribution in [3.05, 3.63) is 44.7 Å². The molecule has 0 aromatic carbocycles. The molecule has 126 valence electrons. The lowest BCUT2D eigenvalue weighted by atomic mass is 9.90. The molecule has 2 aromatic heterocycles. The van der Waals surface area contributed by atoms with Crippen molar-refractivity contribution < 1.29 is 14.3 Å². The topological polar surface area (TPSA) is 68.3 Å². The molecule has 5 nitrogen and oxygen atoms in total. The summed E-state index contributed by atoms with van der Waals surface area (Å²) in [5.41, 5.74) is 1.24. The van der Waals surface area contributed by atoms with E-state index in [9.17, 15) is 9.59 Å². The zero-order valence-electron chi connectivity index (χ0n) is 13.2. The largest absolute Gasteiger partial charge is 0.451 e. The maximum absolute atomic E-state index is 12.1. The van der Waals surface area contributed by atoms with Crippen molar-refractivity contribution in [1.82, 2.24) is 4.98 Å². The molecule has 0 saturated heterocycles. The van der Waals surface area contributed by atoms with Crippen molar-refractivity contribution in [3.63, 3.8) is 0 Å². The summed E-state index contributed by atoms with van der Waals surface area (Å²) in [5.74, 6) is 0.115. The first-order valence-corrected chi connectivity index (χ1v) is 8.91. The minimum atomic E-state index is -0.457. The fourth-order valence-corrected chi connectivity index (χ4v) is 3.85.